The lowest BCUT2D eigenvalue weighted by molar-refractivity contribution is 0.456. The van der Waals surface area contributed by atoms with E-state index < -0.39 is 0 Å². The van der Waals surface area contributed by atoms with E-state index in [1.807, 2.05) is 6.07 Å². The molecule has 13 heavy (non-hydrogen) atoms. The molecule has 2 unspecified atom stereocenters. The quantitative estimate of drug-likeness (QED) is 0.811. The van der Waals surface area contributed by atoms with Crippen LogP contribution in [0.2, 0.25) is 5.02 Å². The average Bonchev–Trinajstić information content (AvgIpc) is 2.16. The molecule has 1 heterocycles. The third-order valence-corrected chi connectivity index (χ3v) is 2.74. The molecule has 0 aliphatic rings. The molecule has 0 saturated carbocycles. The fourth-order valence-corrected chi connectivity index (χ4v) is 1.46. The van der Waals surface area contributed by atoms with Gasteiger partial charge in [-0.05, 0) is 17.5 Å². The Balaban J connectivity index is 2.88. The van der Waals surface area contributed by atoms with Crippen molar-refractivity contribution in [2.45, 2.75) is 26.3 Å². The van der Waals surface area contributed by atoms with Crippen LogP contribution in [-0.2, 0) is 0 Å². The van der Waals surface area contributed by atoms with Crippen molar-refractivity contribution in [2.24, 2.45) is 11.7 Å². The Morgan fingerprint density at radius 3 is 2.85 bits per heavy atom. The van der Waals surface area contributed by atoms with E-state index in [1.54, 1.807) is 12.4 Å². The van der Waals surface area contributed by atoms with Crippen molar-refractivity contribution in [3.8, 4) is 0 Å². The molecular weight excluding hydrogens is 184 g/mol. The van der Waals surface area contributed by atoms with Crippen LogP contribution in [0, 0.1) is 5.92 Å². The second-order valence-corrected chi connectivity index (χ2v) is 3.72. The van der Waals surface area contributed by atoms with Crippen molar-refractivity contribution >= 4 is 11.6 Å². The van der Waals surface area contributed by atoms with Gasteiger partial charge in [-0.1, -0.05) is 31.9 Å². The monoisotopic (exact) mass is 198 g/mol. The molecular formula is C10H15ClN2. The van der Waals surface area contributed by atoms with E-state index in [1.165, 1.54) is 0 Å². The van der Waals surface area contributed by atoms with Gasteiger partial charge in [0.2, 0.25) is 0 Å². The fraction of sp³-hybridized carbons (Fsp3) is 0.500. The molecule has 0 saturated heterocycles. The number of hydrogen-bond acceptors (Lipinski definition) is 2. The van der Waals surface area contributed by atoms with Gasteiger partial charge in [-0.3, -0.25) is 4.98 Å². The molecule has 72 valence electrons. The van der Waals surface area contributed by atoms with Gasteiger partial charge in [-0.25, -0.2) is 0 Å². The van der Waals surface area contributed by atoms with E-state index in [0.717, 1.165) is 12.0 Å². The topological polar surface area (TPSA) is 38.9 Å². The minimum atomic E-state index is 0.0144. The number of aromatic nitrogens is 1. The maximum atomic E-state index is 6.04. The molecule has 0 amide bonds. The van der Waals surface area contributed by atoms with Crippen LogP contribution in [0.4, 0.5) is 0 Å². The summed E-state index contributed by atoms with van der Waals surface area (Å²) in [6, 6.07) is 1.90. The van der Waals surface area contributed by atoms with E-state index in [9.17, 15) is 0 Å². The smallest absolute Gasteiger partial charge is 0.0637 e. The highest BCUT2D eigenvalue weighted by Crippen LogP contribution is 2.26. The Morgan fingerprint density at radius 1 is 1.62 bits per heavy atom. The van der Waals surface area contributed by atoms with Crippen molar-refractivity contribution in [2.75, 3.05) is 0 Å². The van der Waals surface area contributed by atoms with E-state index in [2.05, 4.69) is 18.8 Å². The average molecular weight is 199 g/mol. The highest BCUT2D eigenvalue weighted by atomic mass is 35.5. The zero-order valence-electron chi connectivity index (χ0n) is 8.00. The Bertz CT molecular complexity index is 275. The number of halogens is 1. The fourth-order valence-electron chi connectivity index (χ4n) is 1.22. The van der Waals surface area contributed by atoms with E-state index in [-0.39, 0.29) is 6.04 Å². The Kier molecular flexibility index (Phi) is 3.70. The zero-order chi connectivity index (χ0) is 9.84. The first-order valence-corrected chi connectivity index (χ1v) is 4.89. The Morgan fingerprint density at radius 2 is 2.31 bits per heavy atom. The molecule has 0 spiro atoms. The molecule has 0 aliphatic heterocycles. The summed E-state index contributed by atoms with van der Waals surface area (Å²) in [7, 11) is 0. The predicted octanol–water partition coefficient (Wildman–Crippen LogP) is 2.78. The maximum absolute atomic E-state index is 6.04. The van der Waals surface area contributed by atoms with E-state index in [0.29, 0.717) is 10.9 Å². The molecule has 1 aromatic rings. The molecule has 0 aliphatic carbocycles. The summed E-state index contributed by atoms with van der Waals surface area (Å²) in [5.74, 6) is 0.444. The molecule has 0 aromatic carbocycles. The minimum absolute atomic E-state index is 0.0144. The van der Waals surface area contributed by atoms with Gasteiger partial charge in [0.1, 0.15) is 0 Å². The molecule has 0 fully saturated rings. The van der Waals surface area contributed by atoms with Gasteiger partial charge in [-0.15, -0.1) is 0 Å². The number of pyridine rings is 1. The van der Waals surface area contributed by atoms with Gasteiger partial charge in [-0.2, -0.15) is 0 Å². The second-order valence-electron chi connectivity index (χ2n) is 3.31. The van der Waals surface area contributed by atoms with Gasteiger partial charge in [0.25, 0.3) is 0 Å². The zero-order valence-corrected chi connectivity index (χ0v) is 8.75. The SMILES string of the molecule is CCC(C)C(N)c1ccncc1Cl. The summed E-state index contributed by atoms with van der Waals surface area (Å²) in [4.78, 5) is 3.92. The lowest BCUT2D eigenvalue weighted by Crippen LogP contribution is -2.18. The standard InChI is InChI=1S/C10H15ClN2/c1-3-7(2)10(12)8-4-5-13-6-9(8)11/h4-7,10H,3,12H2,1-2H3. The first-order chi connectivity index (χ1) is 6.16. The number of nitrogens with two attached hydrogens (primary N) is 1. The molecule has 3 heteroatoms. The summed E-state index contributed by atoms with van der Waals surface area (Å²) in [5.41, 5.74) is 7.03. The largest absolute Gasteiger partial charge is 0.324 e. The first kappa shape index (κ1) is 10.5. The van der Waals surface area contributed by atoms with E-state index >= 15 is 0 Å². The highest BCUT2D eigenvalue weighted by Gasteiger charge is 2.15. The van der Waals surface area contributed by atoms with Gasteiger partial charge in [0, 0.05) is 18.4 Å². The van der Waals surface area contributed by atoms with Gasteiger partial charge in [0.15, 0.2) is 0 Å². The van der Waals surface area contributed by atoms with E-state index in [4.69, 9.17) is 17.3 Å². The summed E-state index contributed by atoms with van der Waals surface area (Å²) in [5, 5.41) is 0.662. The second kappa shape index (κ2) is 4.58. The summed E-state index contributed by atoms with van der Waals surface area (Å²) in [6.07, 6.45) is 4.42. The number of hydrogen-bond donors (Lipinski definition) is 1. The van der Waals surface area contributed by atoms with Crippen molar-refractivity contribution in [1.29, 1.82) is 0 Å². The highest BCUT2D eigenvalue weighted by molar-refractivity contribution is 6.31. The summed E-state index contributed by atoms with van der Waals surface area (Å²) in [6.45, 7) is 4.25. The molecule has 0 radical (unpaired) electrons. The Hall–Kier alpha value is -0.600. The maximum Gasteiger partial charge on any atom is 0.0637 e. The lowest BCUT2D eigenvalue weighted by Gasteiger charge is -2.19. The van der Waals surface area contributed by atoms with Crippen LogP contribution in [0.15, 0.2) is 18.5 Å². The molecule has 2 nitrogen and oxygen atoms in total. The third kappa shape index (κ3) is 2.42. The molecule has 1 aromatic heterocycles. The van der Waals surface area contributed by atoms with Gasteiger partial charge < -0.3 is 5.73 Å². The predicted molar refractivity (Wildman–Crippen MR) is 55.6 cm³/mol. The van der Waals surface area contributed by atoms with Crippen molar-refractivity contribution in [1.82, 2.24) is 4.98 Å². The number of rotatable bonds is 3. The van der Waals surface area contributed by atoms with Crippen LogP contribution in [0.5, 0.6) is 0 Å². The van der Waals surface area contributed by atoms with Crippen molar-refractivity contribution < 1.29 is 0 Å². The molecule has 1 rings (SSSR count). The van der Waals surface area contributed by atoms with Crippen LogP contribution in [0.1, 0.15) is 31.9 Å². The lowest BCUT2D eigenvalue weighted by atomic mass is 9.94. The van der Waals surface area contributed by atoms with Crippen LogP contribution in [-0.4, -0.2) is 4.98 Å². The van der Waals surface area contributed by atoms with Crippen molar-refractivity contribution in [3.05, 3.63) is 29.0 Å². The van der Waals surface area contributed by atoms with Gasteiger partial charge in [0.05, 0.1) is 5.02 Å². The normalized spacial score (nSPS) is 15.4. The summed E-state index contributed by atoms with van der Waals surface area (Å²) < 4.78 is 0. The Labute approximate surface area is 84.1 Å². The van der Waals surface area contributed by atoms with Crippen molar-refractivity contribution in [3.63, 3.8) is 0 Å². The number of nitrogens with zero attached hydrogens (tertiary/aromatic N) is 1. The molecule has 2 N–H and O–H groups in total. The van der Waals surface area contributed by atoms with Crippen LogP contribution in [0.25, 0.3) is 0 Å². The molecule has 0 bridgehead atoms. The van der Waals surface area contributed by atoms with Crippen LogP contribution >= 0.6 is 11.6 Å². The summed E-state index contributed by atoms with van der Waals surface area (Å²) >= 11 is 5.98. The minimum Gasteiger partial charge on any atom is -0.324 e. The van der Waals surface area contributed by atoms with Gasteiger partial charge >= 0.3 is 0 Å². The third-order valence-electron chi connectivity index (χ3n) is 2.42. The first-order valence-electron chi connectivity index (χ1n) is 4.51. The van der Waals surface area contributed by atoms with Crippen LogP contribution in [0.3, 0.4) is 0 Å². The van der Waals surface area contributed by atoms with Crippen LogP contribution < -0.4 is 5.73 Å². The molecule has 2 atom stereocenters.